The number of hydrogen-bond acceptors (Lipinski definition) is 3. The summed E-state index contributed by atoms with van der Waals surface area (Å²) in [5.41, 5.74) is 3.29. The van der Waals surface area contributed by atoms with Gasteiger partial charge >= 0.3 is 0 Å². The van der Waals surface area contributed by atoms with Gasteiger partial charge in [-0.2, -0.15) is 5.10 Å². The fraction of sp³-hybridized carbons (Fsp3) is 0.125. The Morgan fingerprint density at radius 1 is 0.862 bits per heavy atom. The number of nitrogens with one attached hydrogen (secondary N) is 1. The third kappa shape index (κ3) is 3.67. The van der Waals surface area contributed by atoms with Crippen LogP contribution in [0.3, 0.4) is 0 Å². The van der Waals surface area contributed by atoms with E-state index in [-0.39, 0.29) is 23.2 Å². The van der Waals surface area contributed by atoms with Gasteiger partial charge in [-0.15, -0.1) is 0 Å². The fourth-order valence-electron chi connectivity index (χ4n) is 3.41. The van der Waals surface area contributed by atoms with Crippen LogP contribution in [-0.2, 0) is 7.05 Å². The Bertz CT molecular complexity index is 1230. The van der Waals surface area contributed by atoms with E-state index in [0.717, 1.165) is 16.7 Å². The molecule has 0 unspecified atom stereocenters. The Hall–Kier alpha value is -3.73. The molecule has 1 heterocycles. The molecule has 3 aromatic carbocycles. The van der Waals surface area contributed by atoms with Crippen LogP contribution in [0.2, 0.25) is 0 Å². The lowest BCUT2D eigenvalue weighted by Gasteiger charge is -2.16. The monoisotopic (exact) mass is 383 g/mol. The van der Waals surface area contributed by atoms with Gasteiger partial charge in [0.25, 0.3) is 11.5 Å². The molecule has 29 heavy (non-hydrogen) atoms. The molecule has 0 aliphatic heterocycles. The molecule has 4 aromatic rings. The van der Waals surface area contributed by atoms with Crippen LogP contribution in [0.4, 0.5) is 0 Å². The first-order chi connectivity index (χ1) is 14.0. The van der Waals surface area contributed by atoms with E-state index in [1.165, 1.54) is 4.68 Å². The van der Waals surface area contributed by atoms with Gasteiger partial charge < -0.3 is 5.32 Å². The molecular formula is C24H21N3O2. The van der Waals surface area contributed by atoms with Crippen LogP contribution in [0.5, 0.6) is 0 Å². The first-order valence-corrected chi connectivity index (χ1v) is 9.47. The smallest absolute Gasteiger partial charge is 0.274 e. The van der Waals surface area contributed by atoms with Crippen LogP contribution in [0.1, 0.15) is 29.0 Å². The van der Waals surface area contributed by atoms with E-state index >= 15 is 0 Å². The Kier molecular flexibility index (Phi) is 4.96. The van der Waals surface area contributed by atoms with E-state index in [0.29, 0.717) is 10.8 Å². The summed E-state index contributed by atoms with van der Waals surface area (Å²) < 4.78 is 1.20. The average molecular weight is 383 g/mol. The summed E-state index contributed by atoms with van der Waals surface area (Å²) in [7, 11) is 1.55. The zero-order valence-electron chi connectivity index (χ0n) is 16.3. The minimum Gasteiger partial charge on any atom is -0.344 e. The van der Waals surface area contributed by atoms with Gasteiger partial charge in [-0.05, 0) is 29.7 Å². The first kappa shape index (κ1) is 18.6. The number of carbonyl (C=O) groups excluding carboxylic acids is 1. The van der Waals surface area contributed by atoms with Crippen LogP contribution in [0.25, 0.3) is 21.9 Å². The molecule has 144 valence electrons. The predicted octanol–water partition coefficient (Wildman–Crippen LogP) is 4.09. The van der Waals surface area contributed by atoms with Gasteiger partial charge in [0.15, 0.2) is 5.69 Å². The van der Waals surface area contributed by atoms with Crippen molar-refractivity contribution in [3.05, 3.63) is 100 Å². The molecule has 0 aliphatic rings. The minimum absolute atomic E-state index is 0.204. The van der Waals surface area contributed by atoms with Crippen molar-refractivity contribution in [2.45, 2.75) is 13.0 Å². The number of hydrogen-bond donors (Lipinski definition) is 1. The van der Waals surface area contributed by atoms with E-state index in [1.807, 2.05) is 49.4 Å². The second kappa shape index (κ2) is 7.72. The van der Waals surface area contributed by atoms with Gasteiger partial charge in [0.1, 0.15) is 0 Å². The van der Waals surface area contributed by atoms with Crippen molar-refractivity contribution in [3.63, 3.8) is 0 Å². The SMILES string of the molecule is C[C@H](NC(=O)c1nn(C)c(=O)c2ccccc12)c1ccc(-c2ccccc2)cc1. The van der Waals surface area contributed by atoms with Crippen LogP contribution in [0, 0.1) is 0 Å². The summed E-state index contributed by atoms with van der Waals surface area (Å²) in [5, 5.41) is 8.22. The third-order valence-electron chi connectivity index (χ3n) is 5.04. The van der Waals surface area contributed by atoms with E-state index in [1.54, 1.807) is 31.3 Å². The summed E-state index contributed by atoms with van der Waals surface area (Å²) in [6.07, 6.45) is 0. The molecule has 1 amide bonds. The van der Waals surface area contributed by atoms with Crippen LogP contribution >= 0.6 is 0 Å². The maximum absolute atomic E-state index is 12.9. The molecule has 5 nitrogen and oxygen atoms in total. The van der Waals surface area contributed by atoms with Gasteiger partial charge in [-0.25, -0.2) is 4.68 Å². The highest BCUT2D eigenvalue weighted by atomic mass is 16.2. The summed E-state index contributed by atoms with van der Waals surface area (Å²) in [4.78, 5) is 25.2. The Morgan fingerprint density at radius 2 is 1.45 bits per heavy atom. The molecule has 0 radical (unpaired) electrons. The Balaban J connectivity index is 1.58. The zero-order valence-corrected chi connectivity index (χ0v) is 16.3. The molecule has 0 fully saturated rings. The summed E-state index contributed by atoms with van der Waals surface area (Å²) >= 11 is 0. The lowest BCUT2D eigenvalue weighted by Crippen LogP contribution is -2.31. The Morgan fingerprint density at radius 3 is 2.14 bits per heavy atom. The van der Waals surface area contributed by atoms with Gasteiger partial charge in [0, 0.05) is 12.4 Å². The topological polar surface area (TPSA) is 64.0 Å². The van der Waals surface area contributed by atoms with Crippen molar-refractivity contribution >= 4 is 16.7 Å². The summed E-state index contributed by atoms with van der Waals surface area (Å²) in [5.74, 6) is -0.309. The number of carbonyl (C=O) groups is 1. The minimum atomic E-state index is -0.309. The number of aromatic nitrogens is 2. The molecule has 0 aliphatic carbocycles. The second-order valence-corrected chi connectivity index (χ2v) is 7.01. The zero-order chi connectivity index (χ0) is 20.4. The maximum Gasteiger partial charge on any atom is 0.274 e. The van der Waals surface area contributed by atoms with E-state index in [4.69, 9.17) is 0 Å². The van der Waals surface area contributed by atoms with Gasteiger partial charge in [-0.1, -0.05) is 72.8 Å². The van der Waals surface area contributed by atoms with Crippen molar-refractivity contribution in [3.8, 4) is 11.1 Å². The van der Waals surface area contributed by atoms with E-state index in [2.05, 4.69) is 22.5 Å². The number of benzene rings is 3. The van der Waals surface area contributed by atoms with Gasteiger partial charge in [-0.3, -0.25) is 9.59 Å². The van der Waals surface area contributed by atoms with Crippen molar-refractivity contribution in [2.75, 3.05) is 0 Å². The first-order valence-electron chi connectivity index (χ1n) is 9.47. The molecule has 1 atom stereocenters. The predicted molar refractivity (Wildman–Crippen MR) is 115 cm³/mol. The molecule has 5 heteroatoms. The number of amides is 1. The van der Waals surface area contributed by atoms with Crippen LogP contribution in [-0.4, -0.2) is 15.7 Å². The quantitative estimate of drug-likeness (QED) is 0.577. The van der Waals surface area contributed by atoms with E-state index in [9.17, 15) is 9.59 Å². The molecule has 1 N–H and O–H groups in total. The van der Waals surface area contributed by atoms with E-state index < -0.39 is 0 Å². The third-order valence-corrected chi connectivity index (χ3v) is 5.04. The molecule has 1 aromatic heterocycles. The maximum atomic E-state index is 12.9. The number of rotatable bonds is 4. The van der Waals surface area contributed by atoms with Crippen LogP contribution in [0.15, 0.2) is 83.7 Å². The Labute approximate surface area is 168 Å². The largest absolute Gasteiger partial charge is 0.344 e. The molecule has 0 saturated carbocycles. The van der Waals surface area contributed by atoms with Crippen LogP contribution < -0.4 is 10.9 Å². The van der Waals surface area contributed by atoms with Gasteiger partial charge in [0.05, 0.1) is 11.4 Å². The summed E-state index contributed by atoms with van der Waals surface area (Å²) in [6.45, 7) is 1.93. The average Bonchev–Trinajstić information content (AvgIpc) is 2.77. The van der Waals surface area contributed by atoms with Gasteiger partial charge in [0.2, 0.25) is 0 Å². The lowest BCUT2D eigenvalue weighted by atomic mass is 10.0. The number of fused-ring (bicyclic) bond motifs is 1. The summed E-state index contributed by atoms with van der Waals surface area (Å²) in [6, 6.07) is 25.1. The molecule has 0 bridgehead atoms. The molecule has 4 rings (SSSR count). The molecular weight excluding hydrogens is 362 g/mol. The molecule has 0 saturated heterocycles. The number of nitrogens with zero attached hydrogens (tertiary/aromatic N) is 2. The van der Waals surface area contributed by atoms with Crippen molar-refractivity contribution < 1.29 is 4.79 Å². The standard InChI is InChI=1S/C24H21N3O2/c1-16(17-12-14-19(15-13-17)18-8-4-3-5-9-18)25-23(28)22-20-10-6-7-11-21(20)24(29)27(2)26-22/h3-16H,1-2H3,(H,25,28)/t16-/m0/s1. The van der Waals surface area contributed by atoms with Crippen molar-refractivity contribution in [1.29, 1.82) is 0 Å². The molecule has 0 spiro atoms. The normalized spacial score (nSPS) is 11.9. The highest BCUT2D eigenvalue weighted by Crippen LogP contribution is 2.22. The van der Waals surface area contributed by atoms with Crippen molar-refractivity contribution in [1.82, 2.24) is 15.1 Å². The van der Waals surface area contributed by atoms with Crippen molar-refractivity contribution in [2.24, 2.45) is 7.05 Å². The number of aryl methyl sites for hydroxylation is 1. The lowest BCUT2D eigenvalue weighted by molar-refractivity contribution is 0.0934. The fourth-order valence-corrected chi connectivity index (χ4v) is 3.41. The highest BCUT2D eigenvalue weighted by molar-refractivity contribution is 6.04. The highest BCUT2D eigenvalue weighted by Gasteiger charge is 2.18. The second-order valence-electron chi connectivity index (χ2n) is 7.01.